The number of benzene rings is 1. The van der Waals surface area contributed by atoms with Gasteiger partial charge in [-0.15, -0.1) is 11.3 Å². The fourth-order valence-corrected chi connectivity index (χ4v) is 4.15. The van der Waals surface area contributed by atoms with E-state index < -0.39 is 0 Å². The molecule has 1 aromatic carbocycles. The van der Waals surface area contributed by atoms with Gasteiger partial charge in [0.25, 0.3) is 0 Å². The van der Waals surface area contributed by atoms with Gasteiger partial charge < -0.3 is 5.32 Å². The molecule has 0 fully saturated rings. The summed E-state index contributed by atoms with van der Waals surface area (Å²) in [5.74, 6) is 0.124. The Balaban J connectivity index is 1.40. The summed E-state index contributed by atoms with van der Waals surface area (Å²) in [6.07, 6.45) is 5.84. The average molecular weight is 401 g/mol. The number of nitrogens with zero attached hydrogens (tertiary/aromatic N) is 4. The van der Waals surface area contributed by atoms with Gasteiger partial charge in [0.1, 0.15) is 18.2 Å². The zero-order valence-corrected chi connectivity index (χ0v) is 16.0. The first-order chi connectivity index (χ1) is 13.6. The molecule has 1 aliphatic rings. The van der Waals surface area contributed by atoms with E-state index in [2.05, 4.69) is 15.4 Å². The highest BCUT2D eigenvalue weighted by atomic mass is 32.1. The first-order valence-corrected chi connectivity index (χ1v) is 10.1. The zero-order valence-electron chi connectivity index (χ0n) is 15.2. The number of amides is 1. The van der Waals surface area contributed by atoms with Crippen LogP contribution < -0.4 is 11.0 Å². The number of rotatable bonds is 5. The van der Waals surface area contributed by atoms with Crippen molar-refractivity contribution < 1.29 is 9.18 Å². The Morgan fingerprint density at radius 1 is 1.25 bits per heavy atom. The third-order valence-corrected chi connectivity index (χ3v) is 5.61. The Labute approximate surface area is 164 Å². The van der Waals surface area contributed by atoms with Crippen molar-refractivity contribution in [1.82, 2.24) is 19.3 Å². The van der Waals surface area contributed by atoms with Gasteiger partial charge in [0.2, 0.25) is 5.91 Å². The van der Waals surface area contributed by atoms with E-state index >= 15 is 0 Å². The number of nitrogens with one attached hydrogen (secondary N) is 1. The van der Waals surface area contributed by atoms with E-state index in [0.29, 0.717) is 23.7 Å². The van der Waals surface area contributed by atoms with Crippen LogP contribution in [-0.4, -0.2) is 25.2 Å². The minimum atomic E-state index is -0.359. The first-order valence-electron chi connectivity index (χ1n) is 9.24. The lowest BCUT2D eigenvalue weighted by molar-refractivity contribution is -0.117. The lowest BCUT2D eigenvalue weighted by Crippen LogP contribution is -2.30. The molecule has 0 saturated heterocycles. The van der Waals surface area contributed by atoms with E-state index in [1.54, 1.807) is 29.0 Å². The standard InChI is InChI=1S/C19H20FN5O2S/c20-15-7-4-3-6-13(15)10-14-11-21-18(28-14)22-17(26)12-25-19(27)24-9-5-1-2-8-16(24)23-25/h3-4,6-7,11H,1-2,5,8-10,12H2,(H,21,22,26). The number of aromatic nitrogens is 4. The van der Waals surface area contributed by atoms with Gasteiger partial charge in [-0.2, -0.15) is 5.10 Å². The lowest BCUT2D eigenvalue weighted by Gasteiger charge is -2.01. The molecule has 2 aromatic heterocycles. The fourth-order valence-electron chi connectivity index (χ4n) is 3.30. The van der Waals surface area contributed by atoms with Crippen molar-refractivity contribution in [3.8, 4) is 0 Å². The number of carbonyl (C=O) groups excluding carboxylic acids is 1. The summed E-state index contributed by atoms with van der Waals surface area (Å²) in [7, 11) is 0. The molecular weight excluding hydrogens is 381 g/mol. The molecule has 3 heterocycles. The molecule has 9 heteroatoms. The van der Waals surface area contributed by atoms with E-state index in [1.807, 2.05) is 0 Å². The Kier molecular flexibility index (Phi) is 5.34. The second-order valence-electron chi connectivity index (χ2n) is 6.77. The summed E-state index contributed by atoms with van der Waals surface area (Å²) in [4.78, 5) is 29.8. The predicted molar refractivity (Wildman–Crippen MR) is 104 cm³/mol. The van der Waals surface area contributed by atoms with Crippen molar-refractivity contribution in [1.29, 1.82) is 0 Å². The van der Waals surface area contributed by atoms with Crippen LogP contribution in [0.1, 0.15) is 35.5 Å². The summed E-state index contributed by atoms with van der Waals surface area (Å²) < 4.78 is 16.6. The van der Waals surface area contributed by atoms with Gasteiger partial charge in [-0.25, -0.2) is 18.9 Å². The minimum absolute atomic E-state index is 0.152. The molecule has 1 aliphatic heterocycles. The smallest absolute Gasteiger partial charge is 0.300 e. The van der Waals surface area contributed by atoms with Crippen LogP contribution in [0.15, 0.2) is 35.3 Å². The van der Waals surface area contributed by atoms with Crippen molar-refractivity contribution in [2.45, 2.75) is 45.2 Å². The molecule has 3 aromatic rings. The normalized spacial score (nSPS) is 13.8. The SMILES string of the molecule is O=C(Cn1nc2n(c1=O)CCCCC2)Nc1ncc(Cc2ccccc2F)s1. The van der Waals surface area contributed by atoms with E-state index in [1.165, 1.54) is 22.1 Å². The number of hydrogen-bond acceptors (Lipinski definition) is 5. The number of carbonyl (C=O) groups is 1. The largest absolute Gasteiger partial charge is 0.346 e. The third-order valence-electron chi connectivity index (χ3n) is 4.70. The molecular formula is C19H20FN5O2S. The highest BCUT2D eigenvalue weighted by Gasteiger charge is 2.18. The van der Waals surface area contributed by atoms with Crippen molar-refractivity contribution in [3.63, 3.8) is 0 Å². The van der Waals surface area contributed by atoms with Crippen LogP contribution in [0.4, 0.5) is 9.52 Å². The van der Waals surface area contributed by atoms with Crippen LogP contribution in [-0.2, 0) is 30.7 Å². The fraction of sp³-hybridized carbons (Fsp3) is 0.368. The molecule has 7 nitrogen and oxygen atoms in total. The Hall–Kier alpha value is -2.81. The first kappa shape index (κ1) is 18.5. The molecule has 0 saturated carbocycles. The summed E-state index contributed by atoms with van der Waals surface area (Å²) in [5, 5.41) is 7.43. The van der Waals surface area contributed by atoms with Crippen LogP contribution in [0.2, 0.25) is 0 Å². The van der Waals surface area contributed by atoms with Gasteiger partial charge in [-0.1, -0.05) is 24.6 Å². The average Bonchev–Trinajstić information content (AvgIpc) is 3.12. The summed E-state index contributed by atoms with van der Waals surface area (Å²) in [6.45, 7) is 0.503. The Morgan fingerprint density at radius 2 is 2.11 bits per heavy atom. The Bertz CT molecular complexity index is 1050. The molecule has 1 N–H and O–H groups in total. The maximum atomic E-state index is 13.8. The lowest BCUT2D eigenvalue weighted by atomic mass is 10.1. The number of aryl methyl sites for hydroxylation is 1. The summed E-state index contributed by atoms with van der Waals surface area (Å²) >= 11 is 1.29. The van der Waals surface area contributed by atoms with Gasteiger partial charge in [0.15, 0.2) is 5.13 Å². The highest BCUT2D eigenvalue weighted by molar-refractivity contribution is 7.15. The Morgan fingerprint density at radius 3 is 2.96 bits per heavy atom. The molecule has 0 spiro atoms. The molecule has 28 heavy (non-hydrogen) atoms. The second kappa shape index (κ2) is 8.05. The van der Waals surface area contributed by atoms with Gasteiger partial charge in [-0.3, -0.25) is 9.36 Å². The quantitative estimate of drug-likeness (QED) is 0.713. The third kappa shape index (κ3) is 4.04. The predicted octanol–water partition coefficient (Wildman–Crippen LogP) is 2.60. The van der Waals surface area contributed by atoms with Crippen molar-refractivity contribution in [2.24, 2.45) is 0 Å². The molecule has 1 amide bonds. The summed E-state index contributed by atoms with van der Waals surface area (Å²) in [6, 6.07) is 6.58. The second-order valence-corrected chi connectivity index (χ2v) is 7.88. The number of hydrogen-bond donors (Lipinski definition) is 1. The maximum absolute atomic E-state index is 13.8. The molecule has 0 aliphatic carbocycles. The number of anilines is 1. The van der Waals surface area contributed by atoms with Gasteiger partial charge in [0.05, 0.1) is 0 Å². The number of halogens is 1. The van der Waals surface area contributed by atoms with Crippen LogP contribution in [0.5, 0.6) is 0 Å². The molecule has 0 bridgehead atoms. The maximum Gasteiger partial charge on any atom is 0.346 e. The van der Waals surface area contributed by atoms with E-state index in [-0.39, 0.29) is 24.0 Å². The van der Waals surface area contributed by atoms with E-state index in [0.717, 1.165) is 36.4 Å². The number of fused-ring (bicyclic) bond motifs is 1. The molecule has 0 atom stereocenters. The van der Waals surface area contributed by atoms with E-state index in [9.17, 15) is 14.0 Å². The highest BCUT2D eigenvalue weighted by Crippen LogP contribution is 2.22. The van der Waals surface area contributed by atoms with Gasteiger partial charge in [-0.05, 0) is 24.5 Å². The van der Waals surface area contributed by atoms with Crippen molar-refractivity contribution in [3.05, 3.63) is 63.0 Å². The van der Waals surface area contributed by atoms with Crippen LogP contribution in [0.3, 0.4) is 0 Å². The number of thiazole rings is 1. The summed E-state index contributed by atoms with van der Waals surface area (Å²) in [5.41, 5.74) is 0.335. The van der Waals surface area contributed by atoms with Crippen molar-refractivity contribution >= 4 is 22.4 Å². The zero-order chi connectivity index (χ0) is 19.5. The van der Waals surface area contributed by atoms with Gasteiger partial charge in [0, 0.05) is 30.5 Å². The molecule has 146 valence electrons. The molecule has 4 rings (SSSR count). The van der Waals surface area contributed by atoms with E-state index in [4.69, 9.17) is 0 Å². The minimum Gasteiger partial charge on any atom is -0.300 e. The molecule has 0 unspecified atom stereocenters. The topological polar surface area (TPSA) is 81.8 Å². The van der Waals surface area contributed by atoms with Crippen LogP contribution >= 0.6 is 11.3 Å². The monoisotopic (exact) mass is 401 g/mol. The van der Waals surface area contributed by atoms with Gasteiger partial charge >= 0.3 is 5.69 Å². The van der Waals surface area contributed by atoms with Crippen LogP contribution in [0, 0.1) is 5.82 Å². The van der Waals surface area contributed by atoms with Crippen LogP contribution in [0.25, 0.3) is 0 Å². The molecule has 0 radical (unpaired) electrons. The van der Waals surface area contributed by atoms with Crippen molar-refractivity contribution in [2.75, 3.05) is 5.32 Å².